The first-order valence-corrected chi connectivity index (χ1v) is 8.55. The zero-order valence-electron chi connectivity index (χ0n) is 12.9. The highest BCUT2D eigenvalue weighted by molar-refractivity contribution is 5.82. The lowest BCUT2D eigenvalue weighted by molar-refractivity contribution is -0.123. The third-order valence-electron chi connectivity index (χ3n) is 5.80. The monoisotopic (exact) mass is 295 g/mol. The van der Waals surface area contributed by atoms with Gasteiger partial charge in [-0.15, -0.1) is 0 Å². The molecule has 2 aliphatic heterocycles. The van der Waals surface area contributed by atoms with E-state index in [0.717, 1.165) is 58.5 Å². The molecule has 2 heterocycles. The van der Waals surface area contributed by atoms with E-state index in [1.165, 1.54) is 12.8 Å². The zero-order valence-corrected chi connectivity index (χ0v) is 12.9. The average molecular weight is 295 g/mol. The van der Waals surface area contributed by atoms with Crippen LogP contribution in [-0.4, -0.2) is 61.8 Å². The molecule has 3 rings (SSSR count). The molecule has 0 bridgehead atoms. The van der Waals surface area contributed by atoms with Crippen LogP contribution in [0.3, 0.4) is 0 Å². The first-order valence-electron chi connectivity index (χ1n) is 8.55. The van der Waals surface area contributed by atoms with Crippen LogP contribution in [0.1, 0.15) is 32.1 Å². The van der Waals surface area contributed by atoms with Gasteiger partial charge >= 0.3 is 0 Å². The van der Waals surface area contributed by atoms with Crippen molar-refractivity contribution in [1.82, 2.24) is 15.5 Å². The number of nitrogens with zero attached hydrogens (tertiary/aromatic N) is 1. The van der Waals surface area contributed by atoms with Crippen molar-refractivity contribution in [3.05, 3.63) is 0 Å². The summed E-state index contributed by atoms with van der Waals surface area (Å²) in [7, 11) is 0. The number of carbonyl (C=O) groups excluding carboxylic acids is 1. The molecular formula is C16H29N3O2. The molecule has 21 heavy (non-hydrogen) atoms. The molecule has 1 aliphatic carbocycles. The summed E-state index contributed by atoms with van der Waals surface area (Å²) in [6.45, 7) is 6.30. The Labute approximate surface area is 127 Å². The molecule has 0 radical (unpaired) electrons. The second-order valence-electron chi connectivity index (χ2n) is 7.13. The van der Waals surface area contributed by atoms with Gasteiger partial charge in [0.05, 0.1) is 0 Å². The third kappa shape index (κ3) is 3.58. The van der Waals surface area contributed by atoms with Gasteiger partial charge in [0.2, 0.25) is 5.91 Å². The Bertz CT molecular complexity index is 361. The van der Waals surface area contributed by atoms with E-state index in [-0.39, 0.29) is 11.8 Å². The van der Waals surface area contributed by atoms with Crippen molar-refractivity contribution in [2.24, 2.45) is 17.3 Å². The van der Waals surface area contributed by atoms with E-state index in [2.05, 4.69) is 15.5 Å². The standard InChI is InChI=1S/C16H29N3O2/c20-12-13-1-8-19(9-2-13)10-7-18-15(21)14-11-16(14)3-5-17-6-4-16/h13-14,17,20H,1-12H2,(H,18,21)/t14-/m0/s1. The first-order chi connectivity index (χ1) is 10.2. The molecular weight excluding hydrogens is 266 g/mol. The van der Waals surface area contributed by atoms with Gasteiger partial charge in [0.1, 0.15) is 0 Å². The number of aliphatic hydroxyl groups excluding tert-OH is 1. The topological polar surface area (TPSA) is 64.6 Å². The number of hydrogen-bond acceptors (Lipinski definition) is 4. The fraction of sp³-hybridized carbons (Fsp3) is 0.938. The molecule has 2 saturated heterocycles. The van der Waals surface area contributed by atoms with Gasteiger partial charge in [-0.2, -0.15) is 0 Å². The molecule has 120 valence electrons. The summed E-state index contributed by atoms with van der Waals surface area (Å²) in [6, 6.07) is 0. The highest BCUT2D eigenvalue weighted by Gasteiger charge is 2.57. The molecule has 1 atom stereocenters. The molecule has 5 heteroatoms. The van der Waals surface area contributed by atoms with Crippen molar-refractivity contribution in [3.8, 4) is 0 Å². The molecule has 0 aromatic heterocycles. The second kappa shape index (κ2) is 6.63. The molecule has 3 fully saturated rings. The van der Waals surface area contributed by atoms with Crippen molar-refractivity contribution >= 4 is 5.91 Å². The maximum absolute atomic E-state index is 12.2. The number of piperidine rings is 2. The van der Waals surface area contributed by atoms with Gasteiger partial charge in [0, 0.05) is 25.6 Å². The number of nitrogens with one attached hydrogen (secondary N) is 2. The Balaban J connectivity index is 1.32. The second-order valence-corrected chi connectivity index (χ2v) is 7.13. The summed E-state index contributed by atoms with van der Waals surface area (Å²) in [4.78, 5) is 14.6. The van der Waals surface area contributed by atoms with Crippen molar-refractivity contribution in [3.63, 3.8) is 0 Å². The third-order valence-corrected chi connectivity index (χ3v) is 5.80. The molecule has 3 aliphatic rings. The van der Waals surface area contributed by atoms with Crippen LogP contribution in [0, 0.1) is 17.3 Å². The van der Waals surface area contributed by atoms with Gasteiger partial charge in [-0.25, -0.2) is 0 Å². The van der Waals surface area contributed by atoms with Crippen LogP contribution in [0.5, 0.6) is 0 Å². The summed E-state index contributed by atoms with van der Waals surface area (Å²) in [5, 5.41) is 15.7. The van der Waals surface area contributed by atoms with Crippen molar-refractivity contribution in [1.29, 1.82) is 0 Å². The Morgan fingerprint density at radius 2 is 2.00 bits per heavy atom. The van der Waals surface area contributed by atoms with Crippen LogP contribution in [-0.2, 0) is 4.79 Å². The predicted octanol–water partition coefficient (Wildman–Crippen LogP) is 0.197. The van der Waals surface area contributed by atoms with E-state index in [0.29, 0.717) is 17.9 Å². The summed E-state index contributed by atoms with van der Waals surface area (Å²) in [5.41, 5.74) is 0.342. The SMILES string of the molecule is O=C(NCCN1CCC(CO)CC1)[C@@H]1CC12CCNCC2. The van der Waals surface area contributed by atoms with Crippen LogP contribution >= 0.6 is 0 Å². The van der Waals surface area contributed by atoms with Gasteiger partial charge in [0.25, 0.3) is 0 Å². The predicted molar refractivity (Wildman–Crippen MR) is 81.9 cm³/mol. The van der Waals surface area contributed by atoms with Crippen molar-refractivity contribution in [2.45, 2.75) is 32.1 Å². The molecule has 0 unspecified atom stereocenters. The van der Waals surface area contributed by atoms with Crippen molar-refractivity contribution in [2.75, 3.05) is 45.9 Å². The van der Waals surface area contributed by atoms with Crippen LogP contribution < -0.4 is 10.6 Å². The summed E-state index contributed by atoms with van der Waals surface area (Å²) < 4.78 is 0. The van der Waals surface area contributed by atoms with Gasteiger partial charge in [-0.05, 0) is 69.6 Å². The van der Waals surface area contributed by atoms with E-state index in [4.69, 9.17) is 5.11 Å². The normalized spacial score (nSPS) is 29.5. The lowest BCUT2D eigenvalue weighted by Gasteiger charge is -2.31. The molecule has 1 saturated carbocycles. The van der Waals surface area contributed by atoms with Crippen LogP contribution in [0.15, 0.2) is 0 Å². The van der Waals surface area contributed by atoms with E-state index in [9.17, 15) is 4.79 Å². The van der Waals surface area contributed by atoms with Crippen LogP contribution in [0.25, 0.3) is 0 Å². The van der Waals surface area contributed by atoms with Gasteiger partial charge in [-0.3, -0.25) is 4.79 Å². The minimum absolute atomic E-state index is 0.278. The van der Waals surface area contributed by atoms with Gasteiger partial charge < -0.3 is 20.6 Å². The largest absolute Gasteiger partial charge is 0.396 e. The number of aliphatic hydroxyl groups is 1. The quantitative estimate of drug-likeness (QED) is 0.678. The number of carbonyl (C=O) groups is 1. The van der Waals surface area contributed by atoms with E-state index in [1.807, 2.05) is 0 Å². The Morgan fingerprint density at radius 1 is 1.29 bits per heavy atom. The maximum Gasteiger partial charge on any atom is 0.223 e. The van der Waals surface area contributed by atoms with E-state index < -0.39 is 0 Å². The molecule has 0 aromatic carbocycles. The minimum Gasteiger partial charge on any atom is -0.396 e. The number of hydrogen-bond donors (Lipinski definition) is 3. The lowest BCUT2D eigenvalue weighted by Crippen LogP contribution is -2.41. The van der Waals surface area contributed by atoms with E-state index in [1.54, 1.807) is 0 Å². The maximum atomic E-state index is 12.2. The Hall–Kier alpha value is -0.650. The van der Waals surface area contributed by atoms with Gasteiger partial charge in [-0.1, -0.05) is 0 Å². The van der Waals surface area contributed by atoms with Gasteiger partial charge in [0.15, 0.2) is 0 Å². The zero-order chi connectivity index (χ0) is 14.7. The average Bonchev–Trinajstić information content (AvgIpc) is 3.22. The summed E-state index contributed by atoms with van der Waals surface area (Å²) in [6.07, 6.45) is 5.61. The summed E-state index contributed by atoms with van der Waals surface area (Å²) >= 11 is 0. The summed E-state index contributed by atoms with van der Waals surface area (Å²) in [5.74, 6) is 1.05. The van der Waals surface area contributed by atoms with E-state index >= 15 is 0 Å². The lowest BCUT2D eigenvalue weighted by atomic mass is 9.92. The smallest absolute Gasteiger partial charge is 0.223 e. The molecule has 1 spiro atoms. The molecule has 0 aromatic rings. The highest BCUT2D eigenvalue weighted by atomic mass is 16.3. The minimum atomic E-state index is 0.278. The molecule has 3 N–H and O–H groups in total. The molecule has 1 amide bonds. The fourth-order valence-corrected chi connectivity index (χ4v) is 4.05. The molecule has 5 nitrogen and oxygen atoms in total. The fourth-order valence-electron chi connectivity index (χ4n) is 4.05. The number of likely N-dealkylation sites (tertiary alicyclic amines) is 1. The number of rotatable bonds is 5. The Kier molecular flexibility index (Phi) is 4.82. The highest BCUT2D eigenvalue weighted by Crippen LogP contribution is 2.58. The Morgan fingerprint density at radius 3 is 2.67 bits per heavy atom. The van der Waals surface area contributed by atoms with Crippen LogP contribution in [0.2, 0.25) is 0 Å². The van der Waals surface area contributed by atoms with Crippen molar-refractivity contribution < 1.29 is 9.90 Å². The first kappa shape index (κ1) is 15.3. The van der Waals surface area contributed by atoms with Crippen LogP contribution in [0.4, 0.5) is 0 Å². The number of amides is 1.